The molecule has 0 aliphatic carbocycles. The predicted octanol–water partition coefficient (Wildman–Crippen LogP) is 4.82. The first-order valence-electron chi connectivity index (χ1n) is 11.8. The van der Waals surface area contributed by atoms with Crippen LogP contribution in [-0.2, 0) is 11.3 Å². The van der Waals surface area contributed by atoms with Crippen molar-refractivity contribution in [2.24, 2.45) is 0 Å². The highest BCUT2D eigenvalue weighted by Gasteiger charge is 2.14. The number of nitrogens with zero attached hydrogens (tertiary/aromatic N) is 1. The fourth-order valence-corrected chi connectivity index (χ4v) is 3.66. The molecule has 190 valence electrons. The molecule has 0 spiro atoms. The topological polar surface area (TPSA) is 89.1 Å². The number of anilines is 2. The van der Waals surface area contributed by atoms with Gasteiger partial charge in [-0.25, -0.2) is 0 Å². The van der Waals surface area contributed by atoms with Gasteiger partial charge in [-0.1, -0.05) is 38.1 Å². The van der Waals surface area contributed by atoms with Crippen molar-refractivity contribution in [3.63, 3.8) is 0 Å². The maximum Gasteiger partial charge on any atom is 0.262 e. The highest BCUT2D eigenvalue weighted by Crippen LogP contribution is 2.29. The van der Waals surface area contributed by atoms with Crippen LogP contribution in [0.25, 0.3) is 0 Å². The molecule has 0 aromatic heterocycles. The Hall–Kier alpha value is -4.04. The molecule has 0 unspecified atom stereocenters. The molecule has 0 aliphatic heterocycles. The number of carbonyl (C=O) groups is 2. The van der Waals surface area contributed by atoms with Crippen LogP contribution in [0.15, 0.2) is 66.7 Å². The second kappa shape index (κ2) is 13.2. The molecule has 0 saturated carbocycles. The van der Waals surface area contributed by atoms with Crippen molar-refractivity contribution in [2.75, 3.05) is 44.5 Å². The summed E-state index contributed by atoms with van der Waals surface area (Å²) in [7, 11) is 3.02. The molecule has 0 aliphatic rings. The van der Waals surface area contributed by atoms with E-state index in [0.29, 0.717) is 28.5 Å². The van der Waals surface area contributed by atoms with Crippen LogP contribution in [0.2, 0.25) is 0 Å². The lowest BCUT2D eigenvalue weighted by Crippen LogP contribution is -2.22. The molecule has 0 bridgehead atoms. The molecule has 3 aromatic rings. The number of benzene rings is 3. The number of nitrogens with one attached hydrogen (secondary N) is 2. The third-order valence-electron chi connectivity index (χ3n) is 5.65. The van der Waals surface area contributed by atoms with Crippen molar-refractivity contribution in [3.05, 3.63) is 77.9 Å². The lowest BCUT2D eigenvalue weighted by molar-refractivity contribution is -0.118. The summed E-state index contributed by atoms with van der Waals surface area (Å²) in [6.45, 7) is 6.76. The van der Waals surface area contributed by atoms with Gasteiger partial charge >= 0.3 is 0 Å². The van der Waals surface area contributed by atoms with Gasteiger partial charge < -0.3 is 24.8 Å². The third kappa shape index (κ3) is 7.23. The Morgan fingerprint density at radius 3 is 2.28 bits per heavy atom. The van der Waals surface area contributed by atoms with Crippen molar-refractivity contribution in [3.8, 4) is 17.2 Å². The van der Waals surface area contributed by atoms with Gasteiger partial charge in [-0.05, 0) is 61.1 Å². The maximum atomic E-state index is 12.9. The zero-order chi connectivity index (χ0) is 25.9. The lowest BCUT2D eigenvalue weighted by atomic mass is 10.1. The van der Waals surface area contributed by atoms with Gasteiger partial charge in [0.1, 0.15) is 5.75 Å². The van der Waals surface area contributed by atoms with Crippen LogP contribution in [-0.4, -0.2) is 50.6 Å². The minimum absolute atomic E-state index is 0.237. The number of amides is 2. The summed E-state index contributed by atoms with van der Waals surface area (Å²) >= 11 is 0. The first kappa shape index (κ1) is 26.6. The van der Waals surface area contributed by atoms with Crippen molar-refractivity contribution in [1.82, 2.24) is 4.90 Å². The fourth-order valence-electron chi connectivity index (χ4n) is 3.66. The van der Waals surface area contributed by atoms with Gasteiger partial charge in [0.2, 0.25) is 0 Å². The molecular weight excluding hydrogens is 458 g/mol. The van der Waals surface area contributed by atoms with Gasteiger partial charge in [-0.2, -0.15) is 0 Å². The Morgan fingerprint density at radius 2 is 1.56 bits per heavy atom. The first-order valence-corrected chi connectivity index (χ1v) is 11.8. The van der Waals surface area contributed by atoms with E-state index in [1.165, 1.54) is 14.2 Å². The number of hydrogen-bond donors (Lipinski definition) is 2. The highest BCUT2D eigenvalue weighted by molar-refractivity contribution is 6.04. The van der Waals surface area contributed by atoms with Crippen LogP contribution in [0.4, 0.5) is 11.4 Å². The highest BCUT2D eigenvalue weighted by atomic mass is 16.5. The van der Waals surface area contributed by atoms with E-state index in [-0.39, 0.29) is 18.4 Å². The molecule has 8 nitrogen and oxygen atoms in total. The molecule has 0 fully saturated rings. The molecular formula is C28H33N3O5. The van der Waals surface area contributed by atoms with Crippen LogP contribution in [0.3, 0.4) is 0 Å². The largest absolute Gasteiger partial charge is 0.495 e. The average Bonchev–Trinajstić information content (AvgIpc) is 2.90. The van der Waals surface area contributed by atoms with Crippen LogP contribution < -0.4 is 24.8 Å². The molecule has 2 N–H and O–H groups in total. The number of carbonyl (C=O) groups excluding carboxylic acids is 2. The van der Waals surface area contributed by atoms with Crippen molar-refractivity contribution >= 4 is 23.2 Å². The van der Waals surface area contributed by atoms with Crippen molar-refractivity contribution in [1.29, 1.82) is 0 Å². The summed E-state index contributed by atoms with van der Waals surface area (Å²) in [6, 6.07) is 19.8. The van der Waals surface area contributed by atoms with Crippen LogP contribution >= 0.6 is 0 Å². The quantitative estimate of drug-likeness (QED) is 0.378. The molecule has 0 saturated heterocycles. The molecule has 3 rings (SSSR count). The SMILES string of the molecule is CCN(CC)Cc1cccc(NC(=O)c2ccc(OCC(=O)Nc3ccccc3OC)c(OC)c2)c1. The summed E-state index contributed by atoms with van der Waals surface area (Å²) in [5.41, 5.74) is 2.81. The Bertz CT molecular complexity index is 1180. The van der Waals surface area contributed by atoms with Gasteiger partial charge in [-0.3, -0.25) is 14.5 Å². The normalized spacial score (nSPS) is 10.6. The van der Waals surface area contributed by atoms with Crippen LogP contribution in [0.5, 0.6) is 17.2 Å². The van der Waals surface area contributed by atoms with Gasteiger partial charge in [0.05, 0.1) is 19.9 Å². The average molecular weight is 492 g/mol. The molecule has 0 atom stereocenters. The Kier molecular flexibility index (Phi) is 9.71. The summed E-state index contributed by atoms with van der Waals surface area (Å²) in [5, 5.41) is 5.69. The smallest absolute Gasteiger partial charge is 0.262 e. The number of ether oxygens (including phenoxy) is 3. The van der Waals surface area contributed by atoms with Crippen LogP contribution in [0, 0.1) is 0 Å². The van der Waals surface area contributed by atoms with Crippen LogP contribution in [0.1, 0.15) is 29.8 Å². The summed E-state index contributed by atoms with van der Waals surface area (Å²) in [5.74, 6) is 0.632. The van der Waals surface area contributed by atoms with E-state index in [0.717, 1.165) is 30.9 Å². The third-order valence-corrected chi connectivity index (χ3v) is 5.65. The van der Waals surface area contributed by atoms with Gasteiger partial charge in [0.15, 0.2) is 18.1 Å². The Balaban J connectivity index is 1.63. The van der Waals surface area contributed by atoms with Crippen molar-refractivity contribution in [2.45, 2.75) is 20.4 Å². The van der Waals surface area contributed by atoms with Gasteiger partial charge in [0.25, 0.3) is 11.8 Å². The van der Waals surface area contributed by atoms with Crippen molar-refractivity contribution < 1.29 is 23.8 Å². The monoisotopic (exact) mass is 491 g/mol. The van der Waals surface area contributed by atoms with Gasteiger partial charge in [0, 0.05) is 17.8 Å². The second-order valence-corrected chi connectivity index (χ2v) is 8.02. The van der Waals surface area contributed by atoms with E-state index in [4.69, 9.17) is 14.2 Å². The molecule has 2 amide bonds. The Labute approximate surface area is 212 Å². The maximum absolute atomic E-state index is 12.9. The zero-order valence-electron chi connectivity index (χ0n) is 21.2. The zero-order valence-corrected chi connectivity index (χ0v) is 21.2. The lowest BCUT2D eigenvalue weighted by Gasteiger charge is -2.18. The number of methoxy groups -OCH3 is 2. The number of para-hydroxylation sites is 2. The molecule has 0 heterocycles. The van der Waals surface area contributed by atoms with E-state index in [2.05, 4.69) is 29.4 Å². The van der Waals surface area contributed by atoms with Gasteiger partial charge in [-0.15, -0.1) is 0 Å². The minimum atomic E-state index is -0.354. The minimum Gasteiger partial charge on any atom is -0.495 e. The second-order valence-electron chi connectivity index (χ2n) is 8.02. The summed E-state index contributed by atoms with van der Waals surface area (Å²) in [4.78, 5) is 27.5. The standard InChI is InChI=1S/C28H33N3O5/c1-5-31(6-2)18-20-10-9-11-22(16-20)29-28(33)21-14-15-25(26(17-21)35-4)36-19-27(32)30-23-12-7-8-13-24(23)34-3/h7-17H,5-6,18-19H2,1-4H3,(H,29,33)(H,30,32). The molecule has 8 heteroatoms. The van der Waals surface area contributed by atoms with E-state index in [1.807, 2.05) is 30.3 Å². The fraction of sp³-hybridized carbons (Fsp3) is 0.286. The Morgan fingerprint density at radius 1 is 0.806 bits per heavy atom. The molecule has 3 aromatic carbocycles. The van der Waals surface area contributed by atoms with E-state index < -0.39 is 0 Å². The summed E-state index contributed by atoms with van der Waals surface area (Å²) in [6.07, 6.45) is 0. The first-order chi connectivity index (χ1) is 17.5. The van der Waals surface area contributed by atoms with E-state index in [9.17, 15) is 9.59 Å². The predicted molar refractivity (Wildman–Crippen MR) is 141 cm³/mol. The van der Waals surface area contributed by atoms with E-state index >= 15 is 0 Å². The summed E-state index contributed by atoms with van der Waals surface area (Å²) < 4.78 is 16.3. The number of hydrogen-bond acceptors (Lipinski definition) is 6. The molecule has 0 radical (unpaired) electrons. The molecule has 36 heavy (non-hydrogen) atoms. The van der Waals surface area contributed by atoms with E-state index in [1.54, 1.807) is 36.4 Å². The number of rotatable bonds is 12.